The van der Waals surface area contributed by atoms with Crippen molar-refractivity contribution in [2.45, 2.75) is 26.1 Å². The summed E-state index contributed by atoms with van der Waals surface area (Å²) in [6.07, 6.45) is 0.255. The summed E-state index contributed by atoms with van der Waals surface area (Å²) < 4.78 is 9.97. The Morgan fingerprint density at radius 2 is 1.62 bits per heavy atom. The Labute approximate surface area is 53.8 Å². The Hall–Kier alpha value is -0.310. The van der Waals surface area contributed by atoms with Crippen molar-refractivity contribution in [1.29, 1.82) is 0 Å². The van der Waals surface area contributed by atoms with Crippen LogP contribution in [0.1, 0.15) is 13.8 Å². The van der Waals surface area contributed by atoms with Crippen LogP contribution in [0.5, 0.6) is 0 Å². The predicted octanol–water partition coefficient (Wildman–Crippen LogP) is 1.10. The maximum atomic E-state index is 4.98. The summed E-state index contributed by atoms with van der Waals surface area (Å²) in [7, 11) is 0. The van der Waals surface area contributed by atoms with E-state index in [1.165, 1.54) is 0 Å². The van der Waals surface area contributed by atoms with E-state index in [0.29, 0.717) is 0 Å². The Kier molecular flexibility index (Phi) is 1.38. The molecule has 0 saturated carbocycles. The molecule has 0 N–H and O–H groups in total. The lowest BCUT2D eigenvalue weighted by Crippen LogP contribution is -2.13. The van der Waals surface area contributed by atoms with Gasteiger partial charge in [-0.1, -0.05) is 0 Å². The SMILES string of the molecule is C[C@H]1OC(=S)O[C@@H]1C. The van der Waals surface area contributed by atoms with Crippen LogP contribution in [0.2, 0.25) is 0 Å². The molecular weight excluding hydrogens is 124 g/mol. The lowest BCUT2D eigenvalue weighted by atomic mass is 10.3. The van der Waals surface area contributed by atoms with Crippen molar-refractivity contribution >= 4 is 17.5 Å². The first-order valence-electron chi connectivity index (χ1n) is 2.57. The van der Waals surface area contributed by atoms with Crippen molar-refractivity contribution in [2.75, 3.05) is 0 Å². The van der Waals surface area contributed by atoms with E-state index in [0.717, 1.165) is 0 Å². The molecule has 0 unspecified atom stereocenters. The third-order valence-electron chi connectivity index (χ3n) is 1.23. The zero-order valence-electron chi connectivity index (χ0n) is 4.88. The number of thiocarbonyl (C=S) groups is 1. The highest BCUT2D eigenvalue weighted by Gasteiger charge is 2.25. The average molecular weight is 132 g/mol. The number of ether oxygens (including phenoxy) is 2. The van der Waals surface area contributed by atoms with Crippen LogP contribution < -0.4 is 0 Å². The molecule has 1 fully saturated rings. The molecule has 0 aromatic heterocycles. The molecule has 0 amide bonds. The summed E-state index contributed by atoms with van der Waals surface area (Å²) in [4.78, 5) is 0. The Balaban J connectivity index is 2.51. The van der Waals surface area contributed by atoms with E-state index in [2.05, 4.69) is 12.2 Å². The molecular formula is C5H8O2S. The molecule has 1 saturated heterocycles. The van der Waals surface area contributed by atoms with E-state index >= 15 is 0 Å². The number of hydrogen-bond donors (Lipinski definition) is 0. The smallest absolute Gasteiger partial charge is 0.353 e. The second-order valence-corrected chi connectivity index (χ2v) is 2.23. The largest absolute Gasteiger partial charge is 0.450 e. The van der Waals surface area contributed by atoms with Crippen molar-refractivity contribution in [1.82, 2.24) is 0 Å². The second kappa shape index (κ2) is 1.90. The van der Waals surface area contributed by atoms with Gasteiger partial charge >= 0.3 is 5.24 Å². The van der Waals surface area contributed by atoms with Crippen molar-refractivity contribution in [2.24, 2.45) is 0 Å². The first-order valence-corrected chi connectivity index (χ1v) is 2.98. The van der Waals surface area contributed by atoms with Crippen molar-refractivity contribution in [3.63, 3.8) is 0 Å². The quantitative estimate of drug-likeness (QED) is 0.460. The summed E-state index contributed by atoms with van der Waals surface area (Å²) >= 11 is 4.63. The number of hydrogen-bond acceptors (Lipinski definition) is 3. The molecule has 3 heteroatoms. The van der Waals surface area contributed by atoms with Crippen LogP contribution in [0, 0.1) is 0 Å². The Bertz CT molecular complexity index is 101. The van der Waals surface area contributed by atoms with E-state index in [9.17, 15) is 0 Å². The average Bonchev–Trinajstić information content (AvgIpc) is 1.85. The van der Waals surface area contributed by atoms with Crippen LogP contribution in [-0.4, -0.2) is 17.4 Å². The van der Waals surface area contributed by atoms with Gasteiger partial charge in [-0.3, -0.25) is 0 Å². The van der Waals surface area contributed by atoms with Crippen LogP contribution >= 0.6 is 12.2 Å². The van der Waals surface area contributed by atoms with Gasteiger partial charge < -0.3 is 9.47 Å². The van der Waals surface area contributed by atoms with Crippen molar-refractivity contribution < 1.29 is 9.47 Å². The maximum Gasteiger partial charge on any atom is 0.353 e. The molecule has 0 aromatic carbocycles. The van der Waals surface area contributed by atoms with Crippen molar-refractivity contribution in [3.05, 3.63) is 0 Å². The first kappa shape index (κ1) is 5.82. The fraction of sp³-hybridized carbons (Fsp3) is 0.800. The van der Waals surface area contributed by atoms with Gasteiger partial charge in [0.2, 0.25) is 0 Å². The topological polar surface area (TPSA) is 18.5 Å². The van der Waals surface area contributed by atoms with Gasteiger partial charge in [0.1, 0.15) is 12.2 Å². The highest BCUT2D eigenvalue weighted by atomic mass is 32.1. The first-order chi connectivity index (χ1) is 3.70. The minimum atomic E-state index is 0.127. The van der Waals surface area contributed by atoms with Gasteiger partial charge in [0.15, 0.2) is 0 Å². The van der Waals surface area contributed by atoms with Crippen LogP contribution in [0.15, 0.2) is 0 Å². The highest BCUT2D eigenvalue weighted by molar-refractivity contribution is 7.79. The lowest BCUT2D eigenvalue weighted by molar-refractivity contribution is 0.187. The molecule has 1 rings (SSSR count). The molecule has 2 atom stereocenters. The lowest BCUT2D eigenvalue weighted by Gasteiger charge is -2.01. The van der Waals surface area contributed by atoms with Gasteiger partial charge in [-0.2, -0.15) is 0 Å². The summed E-state index contributed by atoms with van der Waals surface area (Å²) in [5.41, 5.74) is 0. The summed E-state index contributed by atoms with van der Waals surface area (Å²) in [5.74, 6) is 0. The molecule has 0 aromatic rings. The molecule has 0 aliphatic carbocycles. The predicted molar refractivity (Wildman–Crippen MR) is 33.7 cm³/mol. The molecule has 46 valence electrons. The van der Waals surface area contributed by atoms with Gasteiger partial charge in [0.05, 0.1) is 0 Å². The molecule has 0 spiro atoms. The highest BCUT2D eigenvalue weighted by Crippen LogP contribution is 2.13. The molecule has 8 heavy (non-hydrogen) atoms. The van der Waals surface area contributed by atoms with Crippen LogP contribution in [0.25, 0.3) is 0 Å². The summed E-state index contributed by atoms with van der Waals surface area (Å²) in [6.45, 7) is 3.87. The molecule has 1 aliphatic rings. The fourth-order valence-corrected chi connectivity index (χ4v) is 0.827. The van der Waals surface area contributed by atoms with E-state index < -0.39 is 0 Å². The van der Waals surface area contributed by atoms with Gasteiger partial charge in [-0.15, -0.1) is 0 Å². The molecule has 2 nitrogen and oxygen atoms in total. The minimum absolute atomic E-state index is 0.127. The molecule has 1 aliphatic heterocycles. The Morgan fingerprint density at radius 3 is 1.75 bits per heavy atom. The Morgan fingerprint density at radius 1 is 1.25 bits per heavy atom. The summed E-state index contributed by atoms with van der Waals surface area (Å²) in [6, 6.07) is 0. The van der Waals surface area contributed by atoms with E-state index in [1.54, 1.807) is 0 Å². The van der Waals surface area contributed by atoms with Gasteiger partial charge in [0, 0.05) is 12.2 Å². The zero-order valence-corrected chi connectivity index (χ0v) is 5.70. The molecule has 0 bridgehead atoms. The maximum absolute atomic E-state index is 4.98. The van der Waals surface area contributed by atoms with Gasteiger partial charge in [-0.25, -0.2) is 0 Å². The van der Waals surface area contributed by atoms with Gasteiger partial charge in [-0.05, 0) is 13.8 Å². The van der Waals surface area contributed by atoms with Crippen molar-refractivity contribution in [3.8, 4) is 0 Å². The number of rotatable bonds is 0. The minimum Gasteiger partial charge on any atom is -0.450 e. The summed E-state index contributed by atoms with van der Waals surface area (Å²) in [5, 5.41) is 0.282. The third kappa shape index (κ3) is 0.916. The van der Waals surface area contributed by atoms with Crippen LogP contribution in [-0.2, 0) is 9.47 Å². The van der Waals surface area contributed by atoms with Crippen LogP contribution in [0.3, 0.4) is 0 Å². The second-order valence-electron chi connectivity index (χ2n) is 1.90. The standard InChI is InChI=1S/C5H8O2S/c1-3-4(2)7-5(8)6-3/h3-4H,1-2H3/t3-,4-/m1/s1. The zero-order chi connectivity index (χ0) is 6.15. The van der Waals surface area contributed by atoms with E-state index in [1.807, 2.05) is 13.8 Å². The molecule has 0 radical (unpaired) electrons. The van der Waals surface area contributed by atoms with E-state index in [-0.39, 0.29) is 17.4 Å². The van der Waals surface area contributed by atoms with E-state index in [4.69, 9.17) is 9.47 Å². The van der Waals surface area contributed by atoms with Gasteiger partial charge in [0.25, 0.3) is 0 Å². The normalized spacial score (nSPS) is 36.5. The third-order valence-corrected chi connectivity index (χ3v) is 1.42. The van der Waals surface area contributed by atoms with Crippen LogP contribution in [0.4, 0.5) is 0 Å². The molecule has 1 heterocycles. The monoisotopic (exact) mass is 132 g/mol. The fourth-order valence-electron chi connectivity index (χ4n) is 0.523.